The monoisotopic (exact) mass is 340 g/mol. The van der Waals surface area contributed by atoms with Crippen molar-refractivity contribution in [1.82, 2.24) is 15.2 Å². The zero-order valence-corrected chi connectivity index (χ0v) is 14.0. The standard InChI is InChI=1S/C18H17ClN4O/c1-2-8-24-15-10-13(9-14(19)11-15)17-16(21-18(20)23-22-17)12-6-4-3-5-7-12/h3-7,9-11H,2,8H2,1H3,(H2,20,21,23). The molecule has 3 rings (SSSR count). The Morgan fingerprint density at radius 1 is 1.00 bits per heavy atom. The van der Waals surface area contributed by atoms with Crippen LogP contribution >= 0.6 is 11.6 Å². The lowest BCUT2D eigenvalue weighted by Crippen LogP contribution is -2.02. The van der Waals surface area contributed by atoms with Gasteiger partial charge in [-0.15, -0.1) is 10.2 Å². The normalized spacial score (nSPS) is 10.6. The summed E-state index contributed by atoms with van der Waals surface area (Å²) in [5.74, 6) is 0.819. The molecule has 0 aliphatic heterocycles. The number of aromatic nitrogens is 3. The van der Waals surface area contributed by atoms with Crippen molar-refractivity contribution in [3.63, 3.8) is 0 Å². The highest BCUT2D eigenvalue weighted by atomic mass is 35.5. The van der Waals surface area contributed by atoms with E-state index in [1.807, 2.05) is 49.4 Å². The van der Waals surface area contributed by atoms with Gasteiger partial charge < -0.3 is 10.5 Å². The minimum atomic E-state index is 0.127. The van der Waals surface area contributed by atoms with Crippen LogP contribution in [0.2, 0.25) is 5.02 Å². The first kappa shape index (κ1) is 16.2. The third-order valence-electron chi connectivity index (χ3n) is 3.37. The summed E-state index contributed by atoms with van der Waals surface area (Å²) >= 11 is 6.24. The maximum absolute atomic E-state index is 6.24. The molecule has 0 unspecified atom stereocenters. The van der Waals surface area contributed by atoms with Crippen LogP contribution in [0.4, 0.5) is 5.95 Å². The molecular weight excluding hydrogens is 324 g/mol. The summed E-state index contributed by atoms with van der Waals surface area (Å²) < 4.78 is 5.69. The molecule has 0 aliphatic rings. The third-order valence-corrected chi connectivity index (χ3v) is 3.59. The summed E-state index contributed by atoms with van der Waals surface area (Å²) in [5, 5.41) is 8.70. The van der Waals surface area contributed by atoms with E-state index >= 15 is 0 Å². The number of halogens is 1. The van der Waals surface area contributed by atoms with Gasteiger partial charge in [-0.05, 0) is 24.6 Å². The van der Waals surface area contributed by atoms with Gasteiger partial charge in [-0.3, -0.25) is 0 Å². The molecule has 0 aliphatic carbocycles. The fraction of sp³-hybridized carbons (Fsp3) is 0.167. The smallest absolute Gasteiger partial charge is 0.240 e. The SMILES string of the molecule is CCCOc1cc(Cl)cc(-c2nnc(N)nc2-c2ccccc2)c1. The van der Waals surface area contributed by atoms with E-state index in [1.54, 1.807) is 6.07 Å². The van der Waals surface area contributed by atoms with Gasteiger partial charge in [0.25, 0.3) is 0 Å². The number of anilines is 1. The summed E-state index contributed by atoms with van der Waals surface area (Å²) in [6, 6.07) is 15.2. The average Bonchev–Trinajstić information content (AvgIpc) is 2.60. The maximum Gasteiger partial charge on any atom is 0.240 e. The molecule has 0 spiro atoms. The van der Waals surface area contributed by atoms with Gasteiger partial charge in [0.15, 0.2) is 0 Å². The number of hydrogen-bond acceptors (Lipinski definition) is 5. The van der Waals surface area contributed by atoms with Crippen LogP contribution in [0.1, 0.15) is 13.3 Å². The minimum Gasteiger partial charge on any atom is -0.494 e. The van der Waals surface area contributed by atoms with Crippen molar-refractivity contribution in [3.05, 3.63) is 53.6 Å². The Hall–Kier alpha value is -2.66. The van der Waals surface area contributed by atoms with Crippen LogP contribution in [0, 0.1) is 0 Å². The number of rotatable bonds is 5. The van der Waals surface area contributed by atoms with E-state index in [2.05, 4.69) is 15.2 Å². The number of benzene rings is 2. The Morgan fingerprint density at radius 2 is 1.79 bits per heavy atom. The van der Waals surface area contributed by atoms with E-state index < -0.39 is 0 Å². The Bertz CT molecular complexity index is 840. The van der Waals surface area contributed by atoms with Gasteiger partial charge in [0.2, 0.25) is 5.95 Å². The van der Waals surface area contributed by atoms with Gasteiger partial charge in [-0.2, -0.15) is 0 Å². The molecule has 0 radical (unpaired) electrons. The molecule has 24 heavy (non-hydrogen) atoms. The molecule has 0 fully saturated rings. The molecular formula is C18H17ClN4O. The van der Waals surface area contributed by atoms with Crippen molar-refractivity contribution in [3.8, 4) is 28.3 Å². The predicted octanol–water partition coefficient (Wildman–Crippen LogP) is 4.23. The number of ether oxygens (including phenoxy) is 1. The fourth-order valence-electron chi connectivity index (χ4n) is 2.33. The first-order valence-corrected chi connectivity index (χ1v) is 8.04. The molecule has 0 amide bonds. The molecule has 1 aromatic heterocycles. The number of nitrogens with zero attached hydrogens (tertiary/aromatic N) is 3. The quantitative estimate of drug-likeness (QED) is 0.752. The van der Waals surface area contributed by atoms with E-state index in [0.29, 0.717) is 28.8 Å². The number of hydrogen-bond donors (Lipinski definition) is 1. The van der Waals surface area contributed by atoms with Crippen molar-refractivity contribution >= 4 is 17.5 Å². The predicted molar refractivity (Wildman–Crippen MR) is 95.9 cm³/mol. The fourth-order valence-corrected chi connectivity index (χ4v) is 2.56. The molecule has 1 heterocycles. The zero-order chi connectivity index (χ0) is 16.9. The second-order valence-electron chi connectivity index (χ2n) is 5.26. The average molecular weight is 341 g/mol. The van der Waals surface area contributed by atoms with Gasteiger partial charge in [0.1, 0.15) is 17.1 Å². The maximum atomic E-state index is 6.24. The zero-order valence-electron chi connectivity index (χ0n) is 13.2. The Labute approximate surface area is 145 Å². The van der Waals surface area contributed by atoms with E-state index in [9.17, 15) is 0 Å². The van der Waals surface area contributed by atoms with Crippen molar-refractivity contribution < 1.29 is 4.74 Å². The molecule has 6 heteroatoms. The summed E-state index contributed by atoms with van der Waals surface area (Å²) in [7, 11) is 0. The Kier molecular flexibility index (Phi) is 4.91. The van der Waals surface area contributed by atoms with Gasteiger partial charge in [0, 0.05) is 16.1 Å². The number of nitrogens with two attached hydrogens (primary N) is 1. The largest absolute Gasteiger partial charge is 0.494 e. The van der Waals surface area contributed by atoms with Crippen molar-refractivity contribution in [1.29, 1.82) is 0 Å². The second kappa shape index (κ2) is 7.27. The van der Waals surface area contributed by atoms with Crippen LogP contribution in [-0.4, -0.2) is 21.8 Å². The summed E-state index contributed by atoms with van der Waals surface area (Å²) in [6.07, 6.45) is 0.917. The van der Waals surface area contributed by atoms with E-state index in [-0.39, 0.29) is 5.95 Å². The van der Waals surface area contributed by atoms with Crippen LogP contribution in [0.15, 0.2) is 48.5 Å². The highest BCUT2D eigenvalue weighted by Gasteiger charge is 2.14. The van der Waals surface area contributed by atoms with Crippen molar-refractivity contribution in [2.24, 2.45) is 0 Å². The Morgan fingerprint density at radius 3 is 2.54 bits per heavy atom. The van der Waals surface area contributed by atoms with Crippen LogP contribution in [0.3, 0.4) is 0 Å². The van der Waals surface area contributed by atoms with E-state index in [4.69, 9.17) is 22.1 Å². The van der Waals surface area contributed by atoms with Gasteiger partial charge in [-0.1, -0.05) is 48.9 Å². The highest BCUT2D eigenvalue weighted by molar-refractivity contribution is 6.31. The topological polar surface area (TPSA) is 73.9 Å². The van der Waals surface area contributed by atoms with Gasteiger partial charge >= 0.3 is 0 Å². The second-order valence-corrected chi connectivity index (χ2v) is 5.69. The highest BCUT2D eigenvalue weighted by Crippen LogP contribution is 2.33. The molecule has 0 saturated heterocycles. The third kappa shape index (κ3) is 3.63. The van der Waals surface area contributed by atoms with E-state index in [0.717, 1.165) is 17.5 Å². The van der Waals surface area contributed by atoms with Crippen LogP contribution < -0.4 is 10.5 Å². The van der Waals surface area contributed by atoms with Gasteiger partial charge in [-0.25, -0.2) is 4.98 Å². The molecule has 0 atom stereocenters. The summed E-state index contributed by atoms with van der Waals surface area (Å²) in [6.45, 7) is 2.67. The lowest BCUT2D eigenvalue weighted by molar-refractivity contribution is 0.317. The Balaban J connectivity index is 2.11. The molecule has 5 nitrogen and oxygen atoms in total. The van der Waals surface area contributed by atoms with Crippen LogP contribution in [0.25, 0.3) is 22.5 Å². The van der Waals surface area contributed by atoms with Crippen molar-refractivity contribution in [2.45, 2.75) is 13.3 Å². The van der Waals surface area contributed by atoms with Gasteiger partial charge in [0.05, 0.1) is 6.61 Å². The van der Waals surface area contributed by atoms with E-state index in [1.165, 1.54) is 0 Å². The summed E-state index contributed by atoms with van der Waals surface area (Å²) in [4.78, 5) is 4.36. The molecule has 2 N–H and O–H groups in total. The first-order valence-electron chi connectivity index (χ1n) is 7.66. The molecule has 0 bridgehead atoms. The molecule has 0 saturated carbocycles. The lowest BCUT2D eigenvalue weighted by Gasteiger charge is -2.11. The minimum absolute atomic E-state index is 0.127. The van der Waals surface area contributed by atoms with Crippen molar-refractivity contribution in [2.75, 3.05) is 12.3 Å². The molecule has 3 aromatic rings. The molecule has 2 aromatic carbocycles. The first-order chi connectivity index (χ1) is 11.7. The molecule has 122 valence electrons. The number of nitrogen functional groups attached to an aromatic ring is 1. The van der Waals surface area contributed by atoms with Crippen LogP contribution in [-0.2, 0) is 0 Å². The van der Waals surface area contributed by atoms with Crippen LogP contribution in [0.5, 0.6) is 5.75 Å². The summed E-state index contributed by atoms with van der Waals surface area (Å²) in [5.41, 5.74) is 8.69. The lowest BCUT2D eigenvalue weighted by atomic mass is 10.0.